The summed E-state index contributed by atoms with van der Waals surface area (Å²) in [7, 11) is 1.92. The highest BCUT2D eigenvalue weighted by molar-refractivity contribution is 7.09. The molecule has 85 heavy (non-hydrogen) atoms. The van der Waals surface area contributed by atoms with E-state index in [4.69, 9.17) is 16.2 Å². The normalized spacial score (nSPS) is 17.6. The van der Waals surface area contributed by atoms with Gasteiger partial charge in [-0.05, 0) is 100 Å². The number of amides is 10. The van der Waals surface area contributed by atoms with Crippen molar-refractivity contribution in [2.75, 3.05) is 38.5 Å². The van der Waals surface area contributed by atoms with Crippen molar-refractivity contribution in [2.24, 2.45) is 35.1 Å². The monoisotopic (exact) mass is 1210 g/mol. The first kappa shape index (κ1) is 70.2. The predicted molar refractivity (Wildman–Crippen MR) is 319 cm³/mol. The number of thiazole rings is 1. The fraction of sp³-hybridized carbons (Fsp3) is 0.627. The van der Waals surface area contributed by atoms with Gasteiger partial charge >= 0.3 is 18.0 Å². The lowest BCUT2D eigenvalue weighted by Crippen LogP contribution is -2.60. The highest BCUT2D eigenvalue weighted by Crippen LogP contribution is 2.32. The van der Waals surface area contributed by atoms with Crippen molar-refractivity contribution in [1.29, 1.82) is 0 Å². The van der Waals surface area contributed by atoms with Crippen LogP contribution in [0.4, 0.5) is 10.5 Å². The van der Waals surface area contributed by atoms with E-state index in [0.29, 0.717) is 54.2 Å². The molecule has 0 radical (unpaired) electrons. The van der Waals surface area contributed by atoms with E-state index in [1.165, 1.54) is 19.2 Å². The number of carboxylic acids is 1. The lowest BCUT2D eigenvalue weighted by molar-refractivity contribution is -0.150. The molecule has 25 nitrogen and oxygen atoms in total. The minimum atomic E-state index is -1.40. The predicted octanol–water partition coefficient (Wildman–Crippen LogP) is 3.52. The van der Waals surface area contributed by atoms with E-state index in [1.54, 1.807) is 43.0 Å². The van der Waals surface area contributed by atoms with E-state index in [-0.39, 0.29) is 67.6 Å². The highest BCUT2D eigenvalue weighted by atomic mass is 32.1. The van der Waals surface area contributed by atoms with Crippen LogP contribution >= 0.6 is 11.3 Å². The SMILES string of the molecule is CCCN(C(=O)[C@@H](NC(=O)[C@H]1CCCCN1C)[C@@H](C)CC)[C@H](C[C@@H](OC(C)=O)c1nc(C(=O)N[C@@H](CCc2ccc(NC(=O)[C@H](CCCNC(N)=O)NC(=O)[C@@H](NC(=O)C(CN)N3C(=O)C=CC3=O)C(C)C)cc2)C[C@H](C)C(=O)O)cs1)C(C)C. The number of imide groups is 1. The van der Waals surface area contributed by atoms with Crippen molar-refractivity contribution in [3.8, 4) is 0 Å². The summed E-state index contributed by atoms with van der Waals surface area (Å²) in [6.07, 6.45) is 6.08. The van der Waals surface area contributed by atoms with Gasteiger partial charge in [-0.1, -0.05) is 80.4 Å². The summed E-state index contributed by atoms with van der Waals surface area (Å²) < 4.78 is 5.90. The quantitative estimate of drug-likeness (QED) is 0.0275. The van der Waals surface area contributed by atoms with E-state index < -0.39 is 114 Å². The van der Waals surface area contributed by atoms with Crippen molar-refractivity contribution in [2.45, 2.75) is 181 Å². The van der Waals surface area contributed by atoms with Crippen molar-refractivity contribution in [3.05, 3.63) is 58.1 Å². The Balaban J connectivity index is 1.49. The van der Waals surface area contributed by atoms with Gasteiger partial charge in [0.15, 0.2) is 6.10 Å². The number of ether oxygens (including phenoxy) is 1. The molecule has 2 aliphatic rings. The molecule has 2 aliphatic heterocycles. The number of aryl methyl sites for hydroxylation is 1. The first-order chi connectivity index (χ1) is 40.2. The molecule has 0 saturated carbocycles. The van der Waals surface area contributed by atoms with Gasteiger partial charge in [0.1, 0.15) is 34.9 Å². The average Bonchev–Trinajstić information content (AvgIpc) is 3.89. The van der Waals surface area contributed by atoms with E-state index in [1.807, 2.05) is 46.6 Å². The molecule has 10 atom stereocenters. The van der Waals surface area contributed by atoms with Crippen LogP contribution in [-0.4, -0.2) is 166 Å². The number of carbonyl (C=O) groups excluding carboxylic acids is 10. The Morgan fingerprint density at radius 2 is 1.52 bits per heavy atom. The van der Waals surface area contributed by atoms with Crippen LogP contribution in [0.5, 0.6) is 0 Å². The van der Waals surface area contributed by atoms with Crippen LogP contribution in [-0.2, 0) is 54.3 Å². The molecule has 0 aliphatic carbocycles. The molecule has 3 heterocycles. The van der Waals surface area contributed by atoms with Gasteiger partial charge in [0.05, 0.1) is 12.0 Å². The Morgan fingerprint density at radius 1 is 0.847 bits per heavy atom. The molecule has 1 unspecified atom stereocenters. The number of urea groups is 1. The number of hydrogen-bond donors (Lipinski definition) is 9. The van der Waals surface area contributed by atoms with Gasteiger partial charge in [0.2, 0.25) is 29.5 Å². The maximum absolute atomic E-state index is 14.8. The number of carboxylic acid groups (broad SMARTS) is 1. The minimum Gasteiger partial charge on any atom is -0.481 e. The molecule has 470 valence electrons. The number of aromatic nitrogens is 1. The molecule has 1 aromatic heterocycles. The van der Waals surface area contributed by atoms with Gasteiger partial charge < -0.3 is 58.1 Å². The maximum atomic E-state index is 14.8. The Hall–Kier alpha value is -7.32. The fourth-order valence-corrected chi connectivity index (χ4v) is 11.2. The number of aliphatic carboxylic acids is 1. The third-order valence-electron chi connectivity index (χ3n) is 15.5. The summed E-state index contributed by atoms with van der Waals surface area (Å²) >= 11 is 1.12. The van der Waals surface area contributed by atoms with Crippen molar-refractivity contribution in [3.63, 3.8) is 0 Å². The number of carbonyl (C=O) groups is 11. The van der Waals surface area contributed by atoms with Gasteiger partial charge in [-0.25, -0.2) is 9.78 Å². The number of likely N-dealkylation sites (N-methyl/N-ethyl adjacent to an activating group) is 1. The van der Waals surface area contributed by atoms with Crippen LogP contribution in [0.15, 0.2) is 41.8 Å². The second kappa shape index (κ2) is 34.0. The zero-order chi connectivity index (χ0) is 63.2. The number of hydrogen-bond acceptors (Lipinski definition) is 16. The molecule has 2 aromatic rings. The van der Waals surface area contributed by atoms with Crippen LogP contribution in [0.3, 0.4) is 0 Å². The van der Waals surface area contributed by atoms with E-state index in [2.05, 4.69) is 36.9 Å². The van der Waals surface area contributed by atoms with Gasteiger partial charge in [0.25, 0.3) is 17.7 Å². The zero-order valence-corrected chi connectivity index (χ0v) is 51.6. The van der Waals surface area contributed by atoms with Gasteiger partial charge in [-0.2, -0.15) is 0 Å². The van der Waals surface area contributed by atoms with Gasteiger partial charge in [0, 0.05) is 68.3 Å². The third-order valence-corrected chi connectivity index (χ3v) is 16.4. The molecule has 1 fully saturated rings. The van der Waals surface area contributed by atoms with E-state index in [9.17, 15) is 57.8 Å². The van der Waals surface area contributed by atoms with E-state index in [0.717, 1.165) is 48.4 Å². The molecule has 4 rings (SSSR count). The second-order valence-electron chi connectivity index (χ2n) is 22.8. The zero-order valence-electron chi connectivity index (χ0n) is 50.8. The molecule has 26 heteroatoms. The molecule has 1 aromatic carbocycles. The minimum absolute atomic E-state index is 0.0223. The smallest absolute Gasteiger partial charge is 0.312 e. The van der Waals surface area contributed by atoms with Crippen molar-refractivity contribution >= 4 is 82.3 Å². The molecule has 0 bridgehead atoms. The molecular weight excluding hydrogens is 1120 g/mol. The lowest BCUT2D eigenvalue weighted by atomic mass is 9.92. The summed E-state index contributed by atoms with van der Waals surface area (Å²) in [6, 6.07) is -0.120. The summed E-state index contributed by atoms with van der Waals surface area (Å²) in [5.74, 6) is -8.00. The number of piperidine rings is 1. The Morgan fingerprint density at radius 3 is 2.08 bits per heavy atom. The number of benzene rings is 1. The van der Waals surface area contributed by atoms with Crippen LogP contribution in [0, 0.1) is 23.7 Å². The number of anilines is 1. The van der Waals surface area contributed by atoms with Crippen LogP contribution in [0.2, 0.25) is 0 Å². The molecule has 0 spiro atoms. The largest absolute Gasteiger partial charge is 0.481 e. The third kappa shape index (κ3) is 21.0. The number of nitrogens with two attached hydrogens (primary N) is 2. The van der Waals surface area contributed by atoms with Crippen LogP contribution in [0.25, 0.3) is 0 Å². The molecule has 1 saturated heterocycles. The standard InChI is InChI=1S/C59H90N12O13S/c1-11-27-70(57(80)50(35(7)12-2)68-53(77)43-17-13-14-28-69(43)10)44(33(3)4)30-46(84-37(9)72)56-66-42(32-85-56)52(76)64-40(29-36(8)58(81)82)23-20-38-18-21-39(22-19-38)63-51(75)41(16-15-26-62-59(61)83)65-55(79)49(34(5)6)67-54(78)45(31-60)71-47(73)24-25-48(71)74/h18-19,21-22,24-25,32-36,40-41,43-46,49-50H,11-17,20,23,26-31,60H2,1-10H3,(H,63,75)(H,64,76)(H,65,79)(H,67,78)(H,68,77)(H,81,82)(H3,61,62,83)/t35-,36-,40-,41-,43+,44+,45?,46+,49-,50-/m0/s1. The van der Waals surface area contributed by atoms with Gasteiger partial charge in [-0.3, -0.25) is 57.7 Å². The Bertz CT molecular complexity index is 2670. The van der Waals surface area contributed by atoms with Gasteiger partial charge in [-0.15, -0.1) is 11.3 Å². The van der Waals surface area contributed by atoms with Crippen molar-refractivity contribution in [1.82, 2.24) is 46.3 Å². The topological polar surface area (TPSA) is 364 Å². The lowest BCUT2D eigenvalue weighted by Gasteiger charge is -2.40. The Kier molecular flexibility index (Phi) is 28.1. The fourth-order valence-electron chi connectivity index (χ4n) is 10.4. The number of rotatable bonds is 34. The summed E-state index contributed by atoms with van der Waals surface area (Å²) in [6.45, 7) is 16.8. The second-order valence-corrected chi connectivity index (χ2v) is 23.7. The summed E-state index contributed by atoms with van der Waals surface area (Å²) in [4.78, 5) is 154. The molecular formula is C59H90N12O13S. The van der Waals surface area contributed by atoms with E-state index >= 15 is 0 Å². The molecule has 10 amide bonds. The van der Waals surface area contributed by atoms with Crippen molar-refractivity contribution < 1.29 is 62.6 Å². The maximum Gasteiger partial charge on any atom is 0.312 e. The number of nitrogens with zero attached hydrogens (tertiary/aromatic N) is 4. The number of likely N-dealkylation sites (tertiary alicyclic amines) is 1. The Labute approximate surface area is 502 Å². The first-order valence-electron chi connectivity index (χ1n) is 29.5. The average molecular weight is 1210 g/mol. The number of esters is 1. The summed E-state index contributed by atoms with van der Waals surface area (Å²) in [5.41, 5.74) is 12.2. The first-order valence-corrected chi connectivity index (χ1v) is 30.4. The van der Waals surface area contributed by atoms with Crippen LogP contribution < -0.4 is 43.4 Å². The van der Waals surface area contributed by atoms with Crippen LogP contribution in [0.1, 0.15) is 154 Å². The number of nitrogens with one attached hydrogen (secondary N) is 6. The molecule has 11 N–H and O–H groups in total. The summed E-state index contributed by atoms with van der Waals surface area (Å²) in [5, 5.41) is 28.3. The number of primary amides is 1. The highest BCUT2D eigenvalue weighted by Gasteiger charge is 2.40.